The van der Waals surface area contributed by atoms with E-state index in [1.165, 1.54) is 37.6 Å². The topological polar surface area (TPSA) is 43.6 Å². The highest BCUT2D eigenvalue weighted by Gasteiger charge is 2.20. The molecular formula is C29H31BrN4. The third-order valence-electron chi connectivity index (χ3n) is 6.61. The molecule has 5 rings (SSSR count). The Morgan fingerprint density at radius 1 is 0.676 bits per heavy atom. The van der Waals surface area contributed by atoms with Gasteiger partial charge in [0.05, 0.1) is 22.1 Å². The van der Waals surface area contributed by atoms with Gasteiger partial charge in [-0.2, -0.15) is 0 Å². The number of rotatable bonds is 8. The molecule has 3 heterocycles. The predicted octanol–water partition coefficient (Wildman–Crippen LogP) is 8.54. The van der Waals surface area contributed by atoms with Gasteiger partial charge in [-0.05, 0) is 56.7 Å². The van der Waals surface area contributed by atoms with Crippen molar-refractivity contribution in [1.29, 1.82) is 0 Å². The first-order chi connectivity index (χ1) is 16.6. The molecule has 0 fully saturated rings. The lowest BCUT2D eigenvalue weighted by molar-refractivity contribution is 0.566. The standard InChI is InChI=1S/C29H31BrN4/c1-4-5-6-7-8-9-18-34-28-24-17-11-20(3)32-26(24)25-23(16-10-19(2)31-25)27(28)33-29(34)21-12-14-22(30)15-13-21/h10-17H,4-9,18H2,1-3H3. The van der Waals surface area contributed by atoms with Crippen LogP contribution < -0.4 is 0 Å². The Morgan fingerprint density at radius 2 is 1.29 bits per heavy atom. The molecular weight excluding hydrogens is 484 g/mol. The third kappa shape index (κ3) is 4.34. The van der Waals surface area contributed by atoms with Crippen LogP contribution in [0.25, 0.3) is 44.2 Å². The normalized spacial score (nSPS) is 11.8. The van der Waals surface area contributed by atoms with E-state index in [1.54, 1.807) is 0 Å². The summed E-state index contributed by atoms with van der Waals surface area (Å²) < 4.78 is 3.50. The monoisotopic (exact) mass is 514 g/mol. The van der Waals surface area contributed by atoms with Crippen molar-refractivity contribution < 1.29 is 0 Å². The molecule has 4 nitrogen and oxygen atoms in total. The number of nitrogens with zero attached hydrogens (tertiary/aromatic N) is 4. The first kappa shape index (κ1) is 23.0. The minimum absolute atomic E-state index is 0.942. The van der Waals surface area contributed by atoms with Crippen LogP contribution in [-0.2, 0) is 6.54 Å². The van der Waals surface area contributed by atoms with Gasteiger partial charge in [0.15, 0.2) is 0 Å². The quantitative estimate of drug-likeness (QED) is 0.154. The van der Waals surface area contributed by atoms with Crippen LogP contribution in [0.2, 0.25) is 0 Å². The number of halogens is 1. The number of imidazole rings is 1. The third-order valence-corrected chi connectivity index (χ3v) is 7.14. The number of aryl methyl sites for hydroxylation is 3. The summed E-state index contributed by atoms with van der Waals surface area (Å²) in [7, 11) is 0. The van der Waals surface area contributed by atoms with Crippen LogP contribution in [-0.4, -0.2) is 19.5 Å². The summed E-state index contributed by atoms with van der Waals surface area (Å²) in [5.41, 5.74) is 7.24. The van der Waals surface area contributed by atoms with Crippen molar-refractivity contribution in [1.82, 2.24) is 19.5 Å². The van der Waals surface area contributed by atoms with Gasteiger partial charge in [0.1, 0.15) is 5.82 Å². The maximum atomic E-state index is 5.25. The molecule has 0 atom stereocenters. The van der Waals surface area contributed by atoms with E-state index in [9.17, 15) is 0 Å². The first-order valence-corrected chi connectivity index (χ1v) is 13.2. The minimum atomic E-state index is 0.942. The van der Waals surface area contributed by atoms with Gasteiger partial charge in [-0.3, -0.25) is 9.97 Å². The summed E-state index contributed by atoms with van der Waals surface area (Å²) >= 11 is 3.58. The Balaban J connectivity index is 1.74. The summed E-state index contributed by atoms with van der Waals surface area (Å²) in [6.07, 6.45) is 7.60. The molecule has 0 N–H and O–H groups in total. The number of hydrogen-bond acceptors (Lipinski definition) is 3. The molecule has 2 aromatic carbocycles. The van der Waals surface area contributed by atoms with E-state index in [0.717, 1.165) is 67.5 Å². The average molecular weight is 515 g/mol. The zero-order chi connectivity index (χ0) is 23.7. The van der Waals surface area contributed by atoms with Gasteiger partial charge < -0.3 is 4.57 Å². The summed E-state index contributed by atoms with van der Waals surface area (Å²) in [6, 6.07) is 17.0. The zero-order valence-corrected chi connectivity index (χ0v) is 21.8. The van der Waals surface area contributed by atoms with E-state index in [4.69, 9.17) is 15.0 Å². The van der Waals surface area contributed by atoms with Crippen molar-refractivity contribution in [3.8, 4) is 11.4 Å². The van der Waals surface area contributed by atoms with E-state index >= 15 is 0 Å². The number of aromatic nitrogens is 4. The Bertz CT molecular complexity index is 1470. The van der Waals surface area contributed by atoms with Gasteiger partial charge in [0.2, 0.25) is 0 Å². The molecule has 0 saturated heterocycles. The fraction of sp³-hybridized carbons (Fsp3) is 0.345. The Hall–Kier alpha value is -2.79. The van der Waals surface area contributed by atoms with Crippen molar-refractivity contribution in [3.63, 3.8) is 0 Å². The molecule has 0 amide bonds. The number of fused-ring (bicyclic) bond motifs is 6. The fourth-order valence-electron chi connectivity index (χ4n) is 4.86. The lowest BCUT2D eigenvalue weighted by Gasteiger charge is -2.12. The van der Waals surface area contributed by atoms with E-state index < -0.39 is 0 Å². The number of unbranched alkanes of at least 4 members (excludes halogenated alkanes) is 5. The molecule has 5 heteroatoms. The summed E-state index contributed by atoms with van der Waals surface area (Å²) in [6.45, 7) is 7.30. The molecule has 0 aliphatic rings. The molecule has 0 spiro atoms. The van der Waals surface area contributed by atoms with Crippen LogP contribution in [0.5, 0.6) is 0 Å². The van der Waals surface area contributed by atoms with Crippen LogP contribution >= 0.6 is 15.9 Å². The number of pyridine rings is 2. The lowest BCUT2D eigenvalue weighted by atomic mass is 10.1. The fourth-order valence-corrected chi connectivity index (χ4v) is 5.12. The second-order valence-corrected chi connectivity index (χ2v) is 10.2. The van der Waals surface area contributed by atoms with Crippen LogP contribution in [0.1, 0.15) is 56.8 Å². The molecule has 3 aromatic heterocycles. The van der Waals surface area contributed by atoms with Crippen LogP contribution in [0.4, 0.5) is 0 Å². The van der Waals surface area contributed by atoms with E-state index in [-0.39, 0.29) is 0 Å². The highest BCUT2D eigenvalue weighted by molar-refractivity contribution is 9.10. The molecule has 0 saturated carbocycles. The highest BCUT2D eigenvalue weighted by atomic mass is 79.9. The summed E-state index contributed by atoms with van der Waals surface area (Å²) in [5, 5.41) is 2.21. The van der Waals surface area contributed by atoms with Gasteiger partial charge >= 0.3 is 0 Å². The van der Waals surface area contributed by atoms with Crippen LogP contribution in [0, 0.1) is 13.8 Å². The lowest BCUT2D eigenvalue weighted by Crippen LogP contribution is -2.02. The van der Waals surface area contributed by atoms with Crippen molar-refractivity contribution in [2.24, 2.45) is 0 Å². The van der Waals surface area contributed by atoms with Gasteiger partial charge in [-0.25, -0.2) is 4.98 Å². The second kappa shape index (κ2) is 9.83. The minimum Gasteiger partial charge on any atom is -0.323 e. The highest BCUT2D eigenvalue weighted by Crippen LogP contribution is 2.37. The maximum Gasteiger partial charge on any atom is 0.141 e. The first-order valence-electron chi connectivity index (χ1n) is 12.4. The van der Waals surface area contributed by atoms with E-state index in [2.05, 4.69) is 76.0 Å². The van der Waals surface area contributed by atoms with Gasteiger partial charge in [-0.1, -0.05) is 67.1 Å². The molecule has 34 heavy (non-hydrogen) atoms. The molecule has 0 bridgehead atoms. The summed E-state index contributed by atoms with van der Waals surface area (Å²) in [5.74, 6) is 1.02. The predicted molar refractivity (Wildman–Crippen MR) is 146 cm³/mol. The maximum absolute atomic E-state index is 5.25. The summed E-state index contributed by atoms with van der Waals surface area (Å²) in [4.78, 5) is 15.1. The SMILES string of the molecule is CCCCCCCCn1c(-c2ccc(Br)cc2)nc2c3ccc(C)nc3c3nc(C)ccc3c21. The molecule has 0 aliphatic heterocycles. The van der Waals surface area contributed by atoms with E-state index in [0.29, 0.717) is 0 Å². The Labute approximate surface area is 209 Å². The molecule has 5 aromatic rings. The van der Waals surface area contributed by atoms with Gasteiger partial charge in [-0.15, -0.1) is 0 Å². The number of benzene rings is 2. The van der Waals surface area contributed by atoms with Crippen molar-refractivity contribution in [3.05, 3.63) is 64.4 Å². The molecule has 0 radical (unpaired) electrons. The van der Waals surface area contributed by atoms with Crippen LogP contribution in [0.15, 0.2) is 53.0 Å². The second-order valence-electron chi connectivity index (χ2n) is 9.26. The van der Waals surface area contributed by atoms with Gasteiger partial charge in [0, 0.05) is 38.7 Å². The van der Waals surface area contributed by atoms with Gasteiger partial charge in [0.25, 0.3) is 0 Å². The van der Waals surface area contributed by atoms with Crippen LogP contribution in [0.3, 0.4) is 0 Å². The van der Waals surface area contributed by atoms with Crippen molar-refractivity contribution >= 4 is 48.8 Å². The van der Waals surface area contributed by atoms with Crippen molar-refractivity contribution in [2.45, 2.75) is 65.8 Å². The van der Waals surface area contributed by atoms with Crippen molar-refractivity contribution in [2.75, 3.05) is 0 Å². The smallest absolute Gasteiger partial charge is 0.141 e. The molecule has 0 unspecified atom stereocenters. The Morgan fingerprint density at radius 3 is 2.00 bits per heavy atom. The van der Waals surface area contributed by atoms with E-state index in [1.807, 2.05) is 13.8 Å². The molecule has 174 valence electrons. The average Bonchev–Trinajstić information content (AvgIpc) is 3.21. The zero-order valence-electron chi connectivity index (χ0n) is 20.2. The number of hydrogen-bond donors (Lipinski definition) is 0. The Kier molecular flexibility index (Phi) is 6.64. The molecule has 0 aliphatic carbocycles. The largest absolute Gasteiger partial charge is 0.323 e.